The molecule has 2 fully saturated rings. The van der Waals surface area contributed by atoms with E-state index in [0.717, 1.165) is 0 Å². The molecule has 58 heavy (non-hydrogen) atoms. The summed E-state index contributed by atoms with van der Waals surface area (Å²) in [4.78, 5) is 63.3. The SMILES string of the molecule is CC[C@H](NC(=O)[C@H](C)NC)C(=O)N1C[C@@H](O)C[C@H]1Cc1c(-c2[nH]c3cc(F)ccc3c2C[C@@H]2C[C@H](F)CN2C(=O)[C@H](CC)NC(=O)[C@H](C)NC)[nH]c2c(F)cccc12. The Bertz CT molecular complexity index is 2160. The van der Waals surface area contributed by atoms with Crippen LogP contribution in [0.4, 0.5) is 13.2 Å². The Morgan fingerprint density at radius 3 is 1.93 bits per heavy atom. The molecule has 16 heteroatoms. The van der Waals surface area contributed by atoms with Crippen molar-refractivity contribution < 1.29 is 37.5 Å². The lowest BCUT2D eigenvalue weighted by molar-refractivity contribution is -0.138. The number of aromatic nitrogens is 2. The maximum absolute atomic E-state index is 15.6. The second kappa shape index (κ2) is 17.9. The van der Waals surface area contributed by atoms with Crippen LogP contribution in [0, 0.1) is 11.6 Å². The van der Waals surface area contributed by atoms with Crippen molar-refractivity contribution in [3.05, 3.63) is 59.2 Å². The lowest BCUT2D eigenvalue weighted by atomic mass is 9.94. The van der Waals surface area contributed by atoms with E-state index in [9.17, 15) is 28.7 Å². The van der Waals surface area contributed by atoms with E-state index in [2.05, 4.69) is 31.2 Å². The highest BCUT2D eigenvalue weighted by molar-refractivity contribution is 5.97. The van der Waals surface area contributed by atoms with Crippen LogP contribution in [0.5, 0.6) is 0 Å². The van der Waals surface area contributed by atoms with Gasteiger partial charge in [-0.1, -0.05) is 26.0 Å². The molecule has 314 valence electrons. The Morgan fingerprint density at radius 2 is 1.34 bits per heavy atom. The number of para-hydroxylation sites is 1. The summed E-state index contributed by atoms with van der Waals surface area (Å²) in [6.07, 6.45) is -0.953. The molecule has 4 amide bonds. The zero-order chi connectivity index (χ0) is 42.0. The molecule has 2 aliphatic rings. The van der Waals surface area contributed by atoms with Gasteiger partial charge in [-0.15, -0.1) is 0 Å². The predicted molar refractivity (Wildman–Crippen MR) is 216 cm³/mol. The first-order valence-corrected chi connectivity index (χ1v) is 20.2. The number of hydrogen-bond donors (Lipinski definition) is 7. The number of likely N-dealkylation sites (N-methyl/N-ethyl adjacent to an activating group) is 2. The van der Waals surface area contributed by atoms with Crippen molar-refractivity contribution >= 4 is 45.4 Å². The number of aromatic amines is 2. The molecule has 2 aromatic heterocycles. The third-order valence-electron chi connectivity index (χ3n) is 11.9. The molecular formula is C42H55F3N8O5. The number of aliphatic hydroxyl groups excluding tert-OH is 1. The van der Waals surface area contributed by atoms with Gasteiger partial charge in [-0.2, -0.15) is 0 Å². The molecule has 0 radical (unpaired) electrons. The lowest BCUT2D eigenvalue weighted by Gasteiger charge is -2.30. The summed E-state index contributed by atoms with van der Waals surface area (Å²) in [5, 5.41) is 23.4. The summed E-state index contributed by atoms with van der Waals surface area (Å²) in [6, 6.07) is 4.99. The maximum Gasteiger partial charge on any atom is 0.245 e. The zero-order valence-corrected chi connectivity index (χ0v) is 33.8. The number of fused-ring (bicyclic) bond motifs is 2. The van der Waals surface area contributed by atoms with E-state index in [0.29, 0.717) is 51.6 Å². The second-order valence-corrected chi connectivity index (χ2v) is 15.7. The molecule has 4 aromatic rings. The molecule has 6 rings (SSSR count). The van der Waals surface area contributed by atoms with Gasteiger partial charge in [0.05, 0.1) is 41.6 Å². The van der Waals surface area contributed by atoms with E-state index in [1.165, 1.54) is 23.1 Å². The van der Waals surface area contributed by atoms with Crippen LogP contribution < -0.4 is 21.3 Å². The Labute approximate surface area is 335 Å². The molecular weight excluding hydrogens is 754 g/mol. The van der Waals surface area contributed by atoms with Gasteiger partial charge in [0.15, 0.2) is 0 Å². The topological polar surface area (TPSA) is 175 Å². The number of carbonyl (C=O) groups excluding carboxylic acids is 4. The zero-order valence-electron chi connectivity index (χ0n) is 33.8. The summed E-state index contributed by atoms with van der Waals surface area (Å²) in [5.41, 5.74) is 2.88. The maximum atomic E-state index is 15.6. The molecule has 8 atom stereocenters. The van der Waals surface area contributed by atoms with Crippen LogP contribution in [0.15, 0.2) is 36.4 Å². The molecule has 2 saturated heterocycles. The predicted octanol–water partition coefficient (Wildman–Crippen LogP) is 3.59. The van der Waals surface area contributed by atoms with Crippen molar-refractivity contribution in [1.82, 2.24) is 41.0 Å². The van der Waals surface area contributed by atoms with Crippen LogP contribution >= 0.6 is 0 Å². The van der Waals surface area contributed by atoms with Gasteiger partial charge in [-0.05, 0) is 95.4 Å². The van der Waals surface area contributed by atoms with Crippen LogP contribution in [0.3, 0.4) is 0 Å². The minimum atomic E-state index is -1.32. The Kier molecular flexibility index (Phi) is 13.2. The summed E-state index contributed by atoms with van der Waals surface area (Å²) < 4.78 is 45.8. The van der Waals surface area contributed by atoms with Crippen molar-refractivity contribution in [1.29, 1.82) is 0 Å². The van der Waals surface area contributed by atoms with Crippen LogP contribution in [-0.2, 0) is 32.0 Å². The summed E-state index contributed by atoms with van der Waals surface area (Å²) >= 11 is 0. The fourth-order valence-corrected chi connectivity index (χ4v) is 8.40. The molecule has 0 spiro atoms. The van der Waals surface area contributed by atoms with Crippen molar-refractivity contribution in [2.24, 2.45) is 0 Å². The quantitative estimate of drug-likeness (QED) is 0.0962. The number of amides is 4. The van der Waals surface area contributed by atoms with Gasteiger partial charge in [-0.25, -0.2) is 13.2 Å². The minimum absolute atomic E-state index is 0.0315. The van der Waals surface area contributed by atoms with E-state index in [-0.39, 0.29) is 62.0 Å². The Morgan fingerprint density at radius 1 is 0.793 bits per heavy atom. The molecule has 0 aliphatic carbocycles. The lowest BCUT2D eigenvalue weighted by Crippen LogP contribution is -2.53. The van der Waals surface area contributed by atoms with E-state index >= 15 is 8.78 Å². The number of likely N-dealkylation sites (tertiary alicyclic amines) is 2. The number of rotatable bonds is 15. The third kappa shape index (κ3) is 8.59. The first-order chi connectivity index (χ1) is 27.7. The standard InChI is InChI=1S/C42H55F3N8O5/c1-7-33(49-39(55)21(3)46-5)41(57)52-19-24(44)14-25(52)17-30-28-13-12-23(43)15-35(28)48-37(30)38-31(29-10-9-11-32(45)36(29)51-38)18-26-16-27(54)20-53(26)42(58)34(8-2)50-40(56)22(4)47-6/h9-13,15,21-22,24-27,33-34,46-48,51,54H,7-8,14,16-20H2,1-6H3,(H,49,55)(H,50,56)/t21-,22-,24-,25-,26-,27-,33-,34-/m0/s1. The van der Waals surface area contributed by atoms with E-state index in [1.807, 2.05) is 0 Å². The number of alkyl halides is 1. The number of hydrogen-bond acceptors (Lipinski definition) is 7. The van der Waals surface area contributed by atoms with E-state index in [1.54, 1.807) is 64.9 Å². The fourth-order valence-electron chi connectivity index (χ4n) is 8.40. The number of halogens is 3. The number of H-pyrrole nitrogens is 2. The smallest absolute Gasteiger partial charge is 0.245 e. The van der Waals surface area contributed by atoms with Gasteiger partial charge >= 0.3 is 0 Å². The summed E-state index contributed by atoms with van der Waals surface area (Å²) in [5.74, 6) is -2.46. The van der Waals surface area contributed by atoms with E-state index < -0.39 is 66.1 Å². The van der Waals surface area contributed by atoms with Gasteiger partial charge in [0.2, 0.25) is 23.6 Å². The highest BCUT2D eigenvalue weighted by Gasteiger charge is 2.41. The number of aliphatic hydroxyl groups is 1. The highest BCUT2D eigenvalue weighted by Crippen LogP contribution is 2.40. The summed E-state index contributed by atoms with van der Waals surface area (Å²) in [7, 11) is 3.28. The average molecular weight is 809 g/mol. The van der Waals surface area contributed by atoms with Crippen LogP contribution in [0.1, 0.15) is 64.5 Å². The molecule has 2 aliphatic heterocycles. The van der Waals surface area contributed by atoms with Crippen molar-refractivity contribution in [2.75, 3.05) is 27.2 Å². The van der Waals surface area contributed by atoms with Crippen LogP contribution in [0.2, 0.25) is 0 Å². The number of benzene rings is 2. The monoisotopic (exact) mass is 808 g/mol. The number of carbonyl (C=O) groups is 4. The third-order valence-corrected chi connectivity index (χ3v) is 11.9. The molecule has 0 unspecified atom stereocenters. The average Bonchev–Trinajstić information content (AvgIpc) is 3.97. The largest absolute Gasteiger partial charge is 0.391 e. The Balaban J connectivity index is 1.40. The normalized spacial score (nSPS) is 21.7. The number of β-amino-alcohol motifs (C(OH)–C–C–N with tert-alkyl or cyclic N) is 1. The van der Waals surface area contributed by atoms with Gasteiger partial charge in [0.25, 0.3) is 0 Å². The van der Waals surface area contributed by atoms with Gasteiger partial charge < -0.3 is 46.1 Å². The molecule has 7 N–H and O–H groups in total. The van der Waals surface area contributed by atoms with Crippen molar-refractivity contribution in [2.45, 2.75) is 115 Å². The number of nitrogens with zero attached hydrogens (tertiary/aromatic N) is 2. The molecule has 13 nitrogen and oxygen atoms in total. The molecule has 2 aromatic carbocycles. The Hall–Kier alpha value is -4.93. The van der Waals surface area contributed by atoms with E-state index in [4.69, 9.17) is 0 Å². The van der Waals surface area contributed by atoms with Gasteiger partial charge in [-0.3, -0.25) is 19.2 Å². The van der Waals surface area contributed by atoms with Gasteiger partial charge in [0.1, 0.15) is 29.9 Å². The summed E-state index contributed by atoms with van der Waals surface area (Å²) in [6.45, 7) is 6.81. The molecule has 0 bridgehead atoms. The number of nitrogens with one attached hydrogen (secondary N) is 6. The fraction of sp³-hybridized carbons (Fsp3) is 0.524. The minimum Gasteiger partial charge on any atom is -0.391 e. The molecule has 0 saturated carbocycles. The first-order valence-electron chi connectivity index (χ1n) is 20.2. The van der Waals surface area contributed by atoms with Crippen LogP contribution in [-0.4, -0.2) is 124 Å². The van der Waals surface area contributed by atoms with Gasteiger partial charge in [0, 0.05) is 41.3 Å². The first kappa shape index (κ1) is 42.7. The molecule has 4 heterocycles. The van der Waals surface area contributed by atoms with Crippen molar-refractivity contribution in [3.8, 4) is 11.4 Å². The van der Waals surface area contributed by atoms with Crippen molar-refractivity contribution in [3.63, 3.8) is 0 Å². The van der Waals surface area contributed by atoms with Crippen LogP contribution in [0.25, 0.3) is 33.2 Å². The second-order valence-electron chi connectivity index (χ2n) is 15.7. The highest BCUT2D eigenvalue weighted by atomic mass is 19.1.